The van der Waals surface area contributed by atoms with Crippen LogP contribution in [0.1, 0.15) is 16.1 Å². The molecule has 0 saturated heterocycles. The Morgan fingerprint density at radius 1 is 0.867 bits per heavy atom. The summed E-state index contributed by atoms with van der Waals surface area (Å²) in [6, 6.07) is 17.5. The molecule has 0 radical (unpaired) electrons. The Bertz CT molecular complexity index is 1020. The van der Waals surface area contributed by atoms with Gasteiger partial charge in [-0.1, -0.05) is 24.3 Å². The molecule has 0 aliphatic carbocycles. The van der Waals surface area contributed by atoms with Crippen molar-refractivity contribution in [2.75, 3.05) is 14.2 Å². The summed E-state index contributed by atoms with van der Waals surface area (Å²) in [4.78, 5) is 28.5. The van der Waals surface area contributed by atoms with Crippen LogP contribution in [-0.4, -0.2) is 31.0 Å². The monoisotopic (exact) mass is 407 g/mol. The van der Waals surface area contributed by atoms with E-state index in [0.29, 0.717) is 28.6 Å². The highest BCUT2D eigenvalue weighted by Crippen LogP contribution is 2.27. The number of methoxy groups -OCH3 is 2. The number of rotatable bonds is 7. The Kier molecular flexibility index (Phi) is 6.83. The number of hydrazine groups is 1. The number of nitrogens with zero attached hydrogens (tertiary/aromatic N) is 1. The van der Waals surface area contributed by atoms with Gasteiger partial charge in [-0.25, -0.2) is 0 Å². The van der Waals surface area contributed by atoms with Gasteiger partial charge < -0.3 is 14.2 Å². The molecular formula is C22H21N3O5. The summed E-state index contributed by atoms with van der Waals surface area (Å²) < 4.78 is 16.1. The lowest BCUT2D eigenvalue weighted by Crippen LogP contribution is -2.42. The second kappa shape index (κ2) is 9.92. The highest BCUT2D eigenvalue weighted by atomic mass is 16.5. The summed E-state index contributed by atoms with van der Waals surface area (Å²) in [7, 11) is 3.05. The normalized spacial score (nSPS) is 10.1. The van der Waals surface area contributed by atoms with E-state index in [1.807, 2.05) is 18.2 Å². The predicted octanol–water partition coefficient (Wildman–Crippen LogP) is 2.89. The zero-order valence-corrected chi connectivity index (χ0v) is 16.5. The van der Waals surface area contributed by atoms with Gasteiger partial charge in [-0.3, -0.25) is 25.4 Å². The fourth-order valence-electron chi connectivity index (χ4n) is 2.63. The number of benzene rings is 2. The summed E-state index contributed by atoms with van der Waals surface area (Å²) in [5.74, 6) is 1.22. The molecule has 0 aliphatic rings. The van der Waals surface area contributed by atoms with Crippen LogP contribution >= 0.6 is 0 Å². The molecule has 8 nitrogen and oxygen atoms in total. The third kappa shape index (κ3) is 5.48. The summed E-state index contributed by atoms with van der Waals surface area (Å²) in [6.45, 7) is 0. The van der Waals surface area contributed by atoms with Crippen LogP contribution in [0.2, 0.25) is 0 Å². The van der Waals surface area contributed by atoms with E-state index in [-0.39, 0.29) is 12.1 Å². The van der Waals surface area contributed by atoms with Crippen LogP contribution in [0.3, 0.4) is 0 Å². The minimum absolute atomic E-state index is 0.0468. The van der Waals surface area contributed by atoms with E-state index in [9.17, 15) is 9.59 Å². The van der Waals surface area contributed by atoms with Crippen LogP contribution in [0.15, 0.2) is 66.9 Å². The summed E-state index contributed by atoms with van der Waals surface area (Å²) in [5, 5.41) is 0. The van der Waals surface area contributed by atoms with Crippen molar-refractivity contribution >= 4 is 11.8 Å². The first kappa shape index (κ1) is 20.7. The maximum atomic E-state index is 12.3. The van der Waals surface area contributed by atoms with Gasteiger partial charge in [-0.05, 0) is 35.9 Å². The molecule has 0 atom stereocenters. The third-order valence-electron chi connectivity index (χ3n) is 4.07. The van der Waals surface area contributed by atoms with Crippen molar-refractivity contribution in [1.82, 2.24) is 15.8 Å². The molecule has 2 aromatic carbocycles. The SMILES string of the molecule is COc1ccc(CC(=O)NNC(=O)c2cc(Oc3ccccc3)ccn2)cc1OC. The number of hydrogen-bond donors (Lipinski definition) is 2. The van der Waals surface area contributed by atoms with Gasteiger partial charge in [-0.15, -0.1) is 0 Å². The van der Waals surface area contributed by atoms with E-state index in [1.165, 1.54) is 26.5 Å². The number of carbonyl (C=O) groups excluding carboxylic acids is 2. The number of nitrogens with one attached hydrogen (secondary N) is 2. The minimum atomic E-state index is -0.561. The maximum Gasteiger partial charge on any atom is 0.288 e. The van der Waals surface area contributed by atoms with Crippen LogP contribution in [0, 0.1) is 0 Å². The fraction of sp³-hybridized carbons (Fsp3) is 0.136. The van der Waals surface area contributed by atoms with Crippen molar-refractivity contribution < 1.29 is 23.8 Å². The summed E-state index contributed by atoms with van der Waals surface area (Å²) in [5.41, 5.74) is 5.53. The van der Waals surface area contributed by atoms with E-state index in [0.717, 1.165) is 0 Å². The van der Waals surface area contributed by atoms with Crippen molar-refractivity contribution in [3.63, 3.8) is 0 Å². The molecule has 0 bridgehead atoms. The molecule has 0 saturated carbocycles. The van der Waals surface area contributed by atoms with Crippen molar-refractivity contribution in [1.29, 1.82) is 0 Å². The highest BCUT2D eigenvalue weighted by molar-refractivity contribution is 5.94. The number of ether oxygens (including phenoxy) is 3. The van der Waals surface area contributed by atoms with Gasteiger partial charge in [0.25, 0.3) is 5.91 Å². The van der Waals surface area contributed by atoms with Gasteiger partial charge in [0.1, 0.15) is 17.2 Å². The van der Waals surface area contributed by atoms with Gasteiger partial charge >= 0.3 is 0 Å². The lowest BCUT2D eigenvalue weighted by atomic mass is 10.1. The van der Waals surface area contributed by atoms with Crippen LogP contribution in [0.5, 0.6) is 23.0 Å². The molecule has 1 heterocycles. The summed E-state index contributed by atoms with van der Waals surface area (Å²) >= 11 is 0. The Balaban J connectivity index is 1.56. The third-order valence-corrected chi connectivity index (χ3v) is 4.07. The molecule has 3 rings (SSSR count). The smallest absolute Gasteiger partial charge is 0.288 e. The molecule has 8 heteroatoms. The van der Waals surface area contributed by atoms with E-state index in [2.05, 4.69) is 15.8 Å². The van der Waals surface area contributed by atoms with Gasteiger partial charge in [0.15, 0.2) is 11.5 Å². The van der Waals surface area contributed by atoms with Gasteiger partial charge in [-0.2, -0.15) is 0 Å². The molecule has 0 spiro atoms. The molecule has 0 fully saturated rings. The average Bonchev–Trinajstić information content (AvgIpc) is 2.78. The van der Waals surface area contributed by atoms with Crippen molar-refractivity contribution in [2.24, 2.45) is 0 Å². The number of carbonyl (C=O) groups is 2. The molecular weight excluding hydrogens is 386 g/mol. The first-order valence-corrected chi connectivity index (χ1v) is 9.08. The molecule has 154 valence electrons. The van der Waals surface area contributed by atoms with Gasteiger partial charge in [0, 0.05) is 12.3 Å². The molecule has 1 aromatic heterocycles. The molecule has 2 N–H and O–H groups in total. The predicted molar refractivity (Wildman–Crippen MR) is 110 cm³/mol. The lowest BCUT2D eigenvalue weighted by Gasteiger charge is -2.11. The van der Waals surface area contributed by atoms with E-state index >= 15 is 0 Å². The van der Waals surface area contributed by atoms with Crippen molar-refractivity contribution in [3.8, 4) is 23.0 Å². The molecule has 30 heavy (non-hydrogen) atoms. The van der Waals surface area contributed by atoms with Gasteiger partial charge in [0.2, 0.25) is 5.91 Å². The quantitative estimate of drug-likeness (QED) is 0.585. The zero-order chi connectivity index (χ0) is 21.3. The van der Waals surface area contributed by atoms with Gasteiger partial charge in [0.05, 0.1) is 20.6 Å². The van der Waals surface area contributed by atoms with E-state index < -0.39 is 11.8 Å². The largest absolute Gasteiger partial charge is 0.493 e. The van der Waals surface area contributed by atoms with E-state index in [4.69, 9.17) is 14.2 Å². The molecule has 3 aromatic rings. The molecule has 2 amide bonds. The number of aromatic nitrogens is 1. The average molecular weight is 407 g/mol. The Morgan fingerprint density at radius 3 is 2.37 bits per heavy atom. The minimum Gasteiger partial charge on any atom is -0.493 e. The molecule has 0 aliphatic heterocycles. The van der Waals surface area contributed by atoms with E-state index in [1.54, 1.807) is 36.4 Å². The van der Waals surface area contributed by atoms with Crippen LogP contribution in [0.4, 0.5) is 0 Å². The van der Waals surface area contributed by atoms with Crippen molar-refractivity contribution in [2.45, 2.75) is 6.42 Å². The topological polar surface area (TPSA) is 98.8 Å². The van der Waals surface area contributed by atoms with Crippen LogP contribution < -0.4 is 25.1 Å². The number of pyridine rings is 1. The van der Waals surface area contributed by atoms with Crippen molar-refractivity contribution in [3.05, 3.63) is 78.1 Å². The standard InChI is InChI=1S/C22H21N3O5/c1-28-19-9-8-15(12-20(19)29-2)13-21(26)24-25-22(27)18-14-17(10-11-23-18)30-16-6-4-3-5-7-16/h3-12,14H,13H2,1-2H3,(H,24,26)(H,25,27). The first-order chi connectivity index (χ1) is 14.6. The fourth-order valence-corrected chi connectivity index (χ4v) is 2.63. The number of amides is 2. The number of hydrogen-bond acceptors (Lipinski definition) is 6. The van der Waals surface area contributed by atoms with Crippen LogP contribution in [0.25, 0.3) is 0 Å². The second-order valence-corrected chi connectivity index (χ2v) is 6.16. The first-order valence-electron chi connectivity index (χ1n) is 9.08. The maximum absolute atomic E-state index is 12.3. The Labute approximate surface area is 173 Å². The highest BCUT2D eigenvalue weighted by Gasteiger charge is 2.12. The lowest BCUT2D eigenvalue weighted by molar-refractivity contribution is -0.121. The van der Waals surface area contributed by atoms with Crippen LogP contribution in [-0.2, 0) is 11.2 Å². The summed E-state index contributed by atoms with van der Waals surface area (Å²) in [6.07, 6.45) is 1.50. The Morgan fingerprint density at radius 2 is 1.63 bits per heavy atom. The Hall–Kier alpha value is -4.07. The molecule has 0 unspecified atom stereocenters. The second-order valence-electron chi connectivity index (χ2n) is 6.16. The zero-order valence-electron chi connectivity index (χ0n) is 16.5. The number of para-hydroxylation sites is 1.